The molecule has 0 N–H and O–H groups in total. The first-order chi connectivity index (χ1) is 10.8. The lowest BCUT2D eigenvalue weighted by Gasteiger charge is -2.27. The Bertz CT molecular complexity index is 690. The van der Waals surface area contributed by atoms with E-state index in [0.717, 1.165) is 5.69 Å². The number of benzene rings is 1. The van der Waals surface area contributed by atoms with Crippen molar-refractivity contribution in [3.63, 3.8) is 0 Å². The van der Waals surface area contributed by atoms with Crippen LogP contribution in [0.25, 0.3) is 5.69 Å². The van der Waals surface area contributed by atoms with Gasteiger partial charge in [0.05, 0.1) is 24.5 Å². The molecule has 0 unspecified atom stereocenters. The standard InChI is InChI=1S/C16H16N2O4/c19-16(18-5-7-20-8-6-18)12-9-14-15(22-11-21-14)10-13(12)17-3-1-2-4-17/h1-4,9-10H,5-8,11H2. The number of rotatable bonds is 2. The zero-order valence-corrected chi connectivity index (χ0v) is 12.0. The third-order valence-electron chi connectivity index (χ3n) is 3.90. The SMILES string of the molecule is O=C(c1cc2c(cc1-n1cccc1)OCO2)N1CCOCC1. The van der Waals surface area contributed by atoms with E-state index < -0.39 is 0 Å². The zero-order valence-electron chi connectivity index (χ0n) is 12.0. The Labute approximate surface area is 127 Å². The van der Waals surface area contributed by atoms with Gasteiger partial charge in [0.25, 0.3) is 5.91 Å². The van der Waals surface area contributed by atoms with Crippen LogP contribution in [0.4, 0.5) is 0 Å². The van der Waals surface area contributed by atoms with Gasteiger partial charge in [-0.05, 0) is 18.2 Å². The van der Waals surface area contributed by atoms with Crippen molar-refractivity contribution in [3.05, 3.63) is 42.2 Å². The fourth-order valence-corrected chi connectivity index (χ4v) is 2.75. The first kappa shape index (κ1) is 13.2. The quantitative estimate of drug-likeness (QED) is 0.847. The third kappa shape index (κ3) is 2.21. The third-order valence-corrected chi connectivity index (χ3v) is 3.90. The Morgan fingerprint density at radius 1 is 1.00 bits per heavy atom. The molecule has 1 aromatic carbocycles. The van der Waals surface area contributed by atoms with Gasteiger partial charge in [-0.3, -0.25) is 4.79 Å². The summed E-state index contributed by atoms with van der Waals surface area (Å²) in [7, 11) is 0. The monoisotopic (exact) mass is 300 g/mol. The van der Waals surface area contributed by atoms with Crippen molar-refractivity contribution >= 4 is 5.91 Å². The maximum Gasteiger partial charge on any atom is 0.256 e. The van der Waals surface area contributed by atoms with Crippen molar-refractivity contribution in [2.45, 2.75) is 0 Å². The zero-order chi connectivity index (χ0) is 14.9. The number of hydrogen-bond acceptors (Lipinski definition) is 4. The Balaban J connectivity index is 1.78. The van der Waals surface area contributed by atoms with E-state index in [1.165, 1.54) is 0 Å². The summed E-state index contributed by atoms with van der Waals surface area (Å²) in [6, 6.07) is 7.48. The van der Waals surface area contributed by atoms with Crippen molar-refractivity contribution < 1.29 is 19.0 Å². The fourth-order valence-electron chi connectivity index (χ4n) is 2.75. The number of aromatic nitrogens is 1. The van der Waals surface area contributed by atoms with E-state index in [-0.39, 0.29) is 12.7 Å². The van der Waals surface area contributed by atoms with E-state index >= 15 is 0 Å². The Morgan fingerprint density at radius 3 is 2.41 bits per heavy atom. The summed E-state index contributed by atoms with van der Waals surface area (Å²) in [4.78, 5) is 14.7. The second-order valence-corrected chi connectivity index (χ2v) is 5.22. The molecule has 6 nitrogen and oxygen atoms in total. The van der Waals surface area contributed by atoms with Crippen molar-refractivity contribution in [2.75, 3.05) is 33.1 Å². The summed E-state index contributed by atoms with van der Waals surface area (Å²) in [6.07, 6.45) is 3.82. The van der Waals surface area contributed by atoms with E-state index in [2.05, 4.69) is 0 Å². The van der Waals surface area contributed by atoms with Crippen LogP contribution in [0.15, 0.2) is 36.7 Å². The summed E-state index contributed by atoms with van der Waals surface area (Å²) in [5.41, 5.74) is 1.41. The van der Waals surface area contributed by atoms with Crippen LogP contribution in [0.3, 0.4) is 0 Å². The van der Waals surface area contributed by atoms with Gasteiger partial charge >= 0.3 is 0 Å². The Morgan fingerprint density at radius 2 is 1.68 bits per heavy atom. The molecule has 2 aliphatic heterocycles. The van der Waals surface area contributed by atoms with Gasteiger partial charge in [-0.25, -0.2) is 0 Å². The summed E-state index contributed by atoms with van der Waals surface area (Å²) < 4.78 is 18.1. The predicted octanol–water partition coefficient (Wildman–Crippen LogP) is 1.68. The molecule has 0 aliphatic carbocycles. The summed E-state index contributed by atoms with van der Waals surface area (Å²) in [6.45, 7) is 2.57. The highest BCUT2D eigenvalue weighted by Gasteiger charge is 2.25. The van der Waals surface area contributed by atoms with E-state index in [1.807, 2.05) is 40.1 Å². The summed E-state index contributed by atoms with van der Waals surface area (Å²) in [5.74, 6) is 1.28. The molecule has 6 heteroatoms. The number of carbonyl (C=O) groups excluding carboxylic acids is 1. The maximum absolute atomic E-state index is 12.9. The van der Waals surface area contributed by atoms with E-state index in [0.29, 0.717) is 43.4 Å². The Hall–Kier alpha value is -2.47. The maximum atomic E-state index is 12.9. The second kappa shape index (κ2) is 5.38. The molecule has 114 valence electrons. The highest BCUT2D eigenvalue weighted by molar-refractivity contribution is 5.98. The largest absolute Gasteiger partial charge is 0.454 e. The number of fused-ring (bicyclic) bond motifs is 1. The molecule has 1 saturated heterocycles. The molecule has 1 amide bonds. The van der Waals surface area contributed by atoms with Crippen LogP contribution in [0.2, 0.25) is 0 Å². The van der Waals surface area contributed by atoms with Crippen molar-refractivity contribution in [2.24, 2.45) is 0 Å². The van der Waals surface area contributed by atoms with E-state index in [9.17, 15) is 4.79 Å². The van der Waals surface area contributed by atoms with Gasteiger partial charge in [0.1, 0.15) is 0 Å². The highest BCUT2D eigenvalue weighted by Crippen LogP contribution is 2.36. The first-order valence-corrected chi connectivity index (χ1v) is 7.27. The van der Waals surface area contributed by atoms with Crippen LogP contribution < -0.4 is 9.47 Å². The minimum atomic E-state index is -0.00898. The van der Waals surface area contributed by atoms with E-state index in [4.69, 9.17) is 14.2 Å². The first-order valence-electron chi connectivity index (χ1n) is 7.27. The molecule has 0 bridgehead atoms. The van der Waals surface area contributed by atoms with Crippen LogP contribution in [-0.4, -0.2) is 48.5 Å². The lowest BCUT2D eigenvalue weighted by Crippen LogP contribution is -2.41. The van der Waals surface area contributed by atoms with Crippen LogP contribution in [0.5, 0.6) is 11.5 Å². The van der Waals surface area contributed by atoms with Gasteiger partial charge in [-0.2, -0.15) is 0 Å². The average molecular weight is 300 g/mol. The predicted molar refractivity (Wildman–Crippen MR) is 78.6 cm³/mol. The van der Waals surface area contributed by atoms with Gasteiger partial charge in [-0.1, -0.05) is 0 Å². The van der Waals surface area contributed by atoms with Gasteiger partial charge in [-0.15, -0.1) is 0 Å². The normalized spacial score (nSPS) is 16.8. The topological polar surface area (TPSA) is 52.9 Å². The number of morpholine rings is 1. The van der Waals surface area contributed by atoms with Crippen LogP contribution in [0.1, 0.15) is 10.4 Å². The molecule has 3 heterocycles. The van der Waals surface area contributed by atoms with Crippen molar-refractivity contribution in [1.29, 1.82) is 0 Å². The second-order valence-electron chi connectivity index (χ2n) is 5.22. The lowest BCUT2D eigenvalue weighted by atomic mass is 10.1. The van der Waals surface area contributed by atoms with Crippen LogP contribution >= 0.6 is 0 Å². The summed E-state index contributed by atoms with van der Waals surface area (Å²) >= 11 is 0. The Kier molecular flexibility index (Phi) is 3.23. The lowest BCUT2D eigenvalue weighted by molar-refractivity contribution is 0.0302. The average Bonchev–Trinajstić information content (AvgIpc) is 3.24. The number of amides is 1. The van der Waals surface area contributed by atoms with Crippen molar-refractivity contribution in [1.82, 2.24) is 9.47 Å². The molecule has 4 rings (SSSR count). The molecule has 2 aromatic rings. The smallest absolute Gasteiger partial charge is 0.256 e. The molecule has 0 saturated carbocycles. The van der Waals surface area contributed by atoms with Gasteiger partial charge in [0.15, 0.2) is 11.5 Å². The molecule has 22 heavy (non-hydrogen) atoms. The molecule has 0 spiro atoms. The number of hydrogen-bond donors (Lipinski definition) is 0. The molecule has 0 atom stereocenters. The van der Waals surface area contributed by atoms with Gasteiger partial charge in [0, 0.05) is 31.5 Å². The molecular formula is C16H16N2O4. The number of ether oxygens (including phenoxy) is 3. The van der Waals surface area contributed by atoms with Crippen molar-refractivity contribution in [3.8, 4) is 17.2 Å². The summed E-state index contributed by atoms with van der Waals surface area (Å²) in [5, 5.41) is 0. The number of nitrogens with zero attached hydrogens (tertiary/aromatic N) is 2. The van der Waals surface area contributed by atoms with Crippen LogP contribution in [-0.2, 0) is 4.74 Å². The number of carbonyl (C=O) groups is 1. The fraction of sp³-hybridized carbons (Fsp3) is 0.312. The minimum Gasteiger partial charge on any atom is -0.454 e. The molecular weight excluding hydrogens is 284 g/mol. The molecule has 2 aliphatic rings. The van der Waals surface area contributed by atoms with Gasteiger partial charge in [0.2, 0.25) is 6.79 Å². The molecule has 1 aromatic heterocycles. The minimum absolute atomic E-state index is 0.00898. The highest BCUT2D eigenvalue weighted by atomic mass is 16.7. The van der Waals surface area contributed by atoms with Gasteiger partial charge < -0.3 is 23.7 Å². The van der Waals surface area contributed by atoms with Crippen LogP contribution in [0, 0.1) is 0 Å². The molecule has 1 fully saturated rings. The van der Waals surface area contributed by atoms with E-state index in [1.54, 1.807) is 6.07 Å². The molecule has 0 radical (unpaired) electrons.